The number of nitrogens with zero attached hydrogens (tertiary/aromatic N) is 3. The van der Waals surface area contributed by atoms with Crippen LogP contribution in [-0.4, -0.2) is 20.9 Å². The van der Waals surface area contributed by atoms with E-state index < -0.39 is 0 Å². The lowest BCUT2D eigenvalue weighted by Gasteiger charge is -1.93. The molecule has 0 aliphatic carbocycles. The standard InChI is InChI=1S/C8H7N3O/c1-6-2-10-11-4-7(5-12)9-3-8(6)11/h2-5H,1H3. The van der Waals surface area contributed by atoms with E-state index in [-0.39, 0.29) is 0 Å². The Morgan fingerprint density at radius 3 is 3.08 bits per heavy atom. The first-order chi connectivity index (χ1) is 5.81. The molecule has 0 aromatic carbocycles. The van der Waals surface area contributed by atoms with Crippen molar-refractivity contribution in [2.45, 2.75) is 6.92 Å². The number of fused-ring (bicyclic) bond motifs is 1. The molecule has 2 rings (SSSR count). The van der Waals surface area contributed by atoms with Crippen LogP contribution < -0.4 is 0 Å². The predicted molar refractivity (Wildman–Crippen MR) is 43.1 cm³/mol. The molecule has 0 unspecified atom stereocenters. The lowest BCUT2D eigenvalue weighted by Crippen LogP contribution is -1.93. The zero-order chi connectivity index (χ0) is 8.55. The topological polar surface area (TPSA) is 47.3 Å². The number of aromatic nitrogens is 3. The molecule has 0 saturated heterocycles. The molecule has 12 heavy (non-hydrogen) atoms. The van der Waals surface area contributed by atoms with Gasteiger partial charge in [-0.15, -0.1) is 0 Å². The fourth-order valence-electron chi connectivity index (χ4n) is 1.08. The first-order valence-electron chi connectivity index (χ1n) is 3.56. The second kappa shape index (κ2) is 2.41. The molecule has 2 aromatic heterocycles. The highest BCUT2D eigenvalue weighted by Crippen LogP contribution is 2.06. The van der Waals surface area contributed by atoms with E-state index in [0.29, 0.717) is 12.0 Å². The predicted octanol–water partition coefficient (Wildman–Crippen LogP) is 0.850. The van der Waals surface area contributed by atoms with Crippen molar-refractivity contribution >= 4 is 11.8 Å². The molecule has 0 amide bonds. The Balaban J connectivity index is 2.77. The largest absolute Gasteiger partial charge is 0.296 e. The molecule has 0 aliphatic rings. The van der Waals surface area contributed by atoms with Crippen LogP contribution in [0.1, 0.15) is 16.1 Å². The van der Waals surface area contributed by atoms with Crippen molar-refractivity contribution in [3.05, 3.63) is 29.8 Å². The molecule has 4 nitrogen and oxygen atoms in total. The highest BCUT2D eigenvalue weighted by Gasteiger charge is 1.99. The smallest absolute Gasteiger partial charge is 0.170 e. The van der Waals surface area contributed by atoms with E-state index in [1.54, 1.807) is 23.1 Å². The monoisotopic (exact) mass is 161 g/mol. The average Bonchev–Trinajstić information content (AvgIpc) is 2.47. The zero-order valence-corrected chi connectivity index (χ0v) is 6.56. The molecular weight excluding hydrogens is 154 g/mol. The Labute approximate surface area is 68.8 Å². The van der Waals surface area contributed by atoms with Gasteiger partial charge < -0.3 is 0 Å². The highest BCUT2D eigenvalue weighted by molar-refractivity contribution is 5.71. The lowest BCUT2D eigenvalue weighted by molar-refractivity contribution is 0.111. The fourth-order valence-corrected chi connectivity index (χ4v) is 1.08. The van der Waals surface area contributed by atoms with Crippen LogP contribution in [0.25, 0.3) is 5.52 Å². The average molecular weight is 161 g/mol. The number of hydrogen-bond donors (Lipinski definition) is 0. The van der Waals surface area contributed by atoms with E-state index in [1.165, 1.54) is 0 Å². The summed E-state index contributed by atoms with van der Waals surface area (Å²) in [5.41, 5.74) is 2.38. The first-order valence-corrected chi connectivity index (χ1v) is 3.56. The van der Waals surface area contributed by atoms with Crippen LogP contribution in [0.4, 0.5) is 0 Å². The maximum Gasteiger partial charge on any atom is 0.170 e. The third-order valence-corrected chi connectivity index (χ3v) is 1.74. The summed E-state index contributed by atoms with van der Waals surface area (Å²) in [7, 11) is 0. The molecule has 0 saturated carbocycles. The maximum atomic E-state index is 10.4. The summed E-state index contributed by atoms with van der Waals surface area (Å²) in [6, 6.07) is 0. The summed E-state index contributed by atoms with van der Waals surface area (Å²) in [5.74, 6) is 0. The van der Waals surface area contributed by atoms with Gasteiger partial charge in [0, 0.05) is 0 Å². The van der Waals surface area contributed by atoms with Crippen LogP contribution in [0, 0.1) is 6.92 Å². The number of carbonyl (C=O) groups is 1. The van der Waals surface area contributed by atoms with E-state index in [9.17, 15) is 4.79 Å². The van der Waals surface area contributed by atoms with Crippen molar-refractivity contribution in [3.63, 3.8) is 0 Å². The van der Waals surface area contributed by atoms with Gasteiger partial charge in [-0.1, -0.05) is 0 Å². The van der Waals surface area contributed by atoms with E-state index in [0.717, 1.165) is 11.1 Å². The Kier molecular flexibility index (Phi) is 1.40. The van der Waals surface area contributed by atoms with Crippen LogP contribution in [-0.2, 0) is 0 Å². The number of hydrogen-bond acceptors (Lipinski definition) is 3. The van der Waals surface area contributed by atoms with Crippen molar-refractivity contribution in [3.8, 4) is 0 Å². The van der Waals surface area contributed by atoms with Crippen LogP contribution in [0.15, 0.2) is 18.6 Å². The van der Waals surface area contributed by atoms with Gasteiger partial charge in [0.15, 0.2) is 6.29 Å². The highest BCUT2D eigenvalue weighted by atomic mass is 16.1. The van der Waals surface area contributed by atoms with Crippen molar-refractivity contribution in [1.29, 1.82) is 0 Å². The SMILES string of the molecule is Cc1cnn2cc(C=O)ncc12. The fraction of sp³-hybridized carbons (Fsp3) is 0.125. The van der Waals surface area contributed by atoms with Gasteiger partial charge in [-0.05, 0) is 12.5 Å². The minimum absolute atomic E-state index is 0.394. The molecule has 0 N–H and O–H groups in total. The van der Waals surface area contributed by atoms with E-state index in [1.807, 2.05) is 6.92 Å². The Morgan fingerprint density at radius 1 is 1.50 bits per heavy atom. The van der Waals surface area contributed by atoms with E-state index >= 15 is 0 Å². The van der Waals surface area contributed by atoms with Crippen LogP contribution in [0.5, 0.6) is 0 Å². The minimum atomic E-state index is 0.394. The van der Waals surface area contributed by atoms with Gasteiger partial charge in [0.25, 0.3) is 0 Å². The second-order valence-electron chi connectivity index (χ2n) is 2.59. The molecule has 4 heteroatoms. The number of rotatable bonds is 1. The van der Waals surface area contributed by atoms with E-state index in [4.69, 9.17) is 0 Å². The summed E-state index contributed by atoms with van der Waals surface area (Å²) in [6.45, 7) is 1.95. The molecule has 0 radical (unpaired) electrons. The van der Waals surface area contributed by atoms with Gasteiger partial charge in [-0.2, -0.15) is 5.10 Å². The number of aldehydes is 1. The number of carbonyl (C=O) groups excluding carboxylic acids is 1. The minimum Gasteiger partial charge on any atom is -0.296 e. The van der Waals surface area contributed by atoms with Gasteiger partial charge >= 0.3 is 0 Å². The molecule has 60 valence electrons. The number of aryl methyl sites for hydroxylation is 1. The van der Waals surface area contributed by atoms with Crippen molar-refractivity contribution in [2.24, 2.45) is 0 Å². The van der Waals surface area contributed by atoms with Gasteiger partial charge in [-0.3, -0.25) is 4.79 Å². The second-order valence-corrected chi connectivity index (χ2v) is 2.59. The van der Waals surface area contributed by atoms with Crippen molar-refractivity contribution in [2.75, 3.05) is 0 Å². The van der Waals surface area contributed by atoms with Gasteiger partial charge in [0.1, 0.15) is 5.69 Å². The first kappa shape index (κ1) is 6.97. The van der Waals surface area contributed by atoms with Crippen LogP contribution in [0.2, 0.25) is 0 Å². The van der Waals surface area contributed by atoms with Crippen molar-refractivity contribution in [1.82, 2.24) is 14.6 Å². The molecule has 0 aliphatic heterocycles. The van der Waals surface area contributed by atoms with Gasteiger partial charge in [-0.25, -0.2) is 9.50 Å². The molecule has 0 atom stereocenters. The zero-order valence-electron chi connectivity index (χ0n) is 6.56. The summed E-state index contributed by atoms with van der Waals surface area (Å²) in [4.78, 5) is 14.3. The molecular formula is C8H7N3O. The molecule has 0 fully saturated rings. The molecule has 2 aromatic rings. The molecule has 2 heterocycles. The lowest BCUT2D eigenvalue weighted by atomic mass is 10.3. The van der Waals surface area contributed by atoms with Crippen LogP contribution >= 0.6 is 0 Å². The third kappa shape index (κ3) is 0.887. The molecule has 0 bridgehead atoms. The Bertz CT molecular complexity index is 433. The maximum absolute atomic E-state index is 10.4. The van der Waals surface area contributed by atoms with Crippen molar-refractivity contribution < 1.29 is 4.79 Å². The van der Waals surface area contributed by atoms with Gasteiger partial charge in [0.2, 0.25) is 0 Å². The van der Waals surface area contributed by atoms with Crippen LogP contribution in [0.3, 0.4) is 0 Å². The Hall–Kier alpha value is -1.71. The molecule has 0 spiro atoms. The van der Waals surface area contributed by atoms with E-state index in [2.05, 4.69) is 10.1 Å². The summed E-state index contributed by atoms with van der Waals surface area (Å²) in [6.07, 6.45) is 5.70. The summed E-state index contributed by atoms with van der Waals surface area (Å²) in [5, 5.41) is 4.04. The summed E-state index contributed by atoms with van der Waals surface area (Å²) < 4.78 is 1.64. The third-order valence-electron chi connectivity index (χ3n) is 1.74. The summed E-state index contributed by atoms with van der Waals surface area (Å²) >= 11 is 0. The Morgan fingerprint density at radius 2 is 2.33 bits per heavy atom. The quantitative estimate of drug-likeness (QED) is 0.582. The van der Waals surface area contributed by atoms with Gasteiger partial charge in [0.05, 0.1) is 24.1 Å². The normalized spacial score (nSPS) is 10.4.